The molecule has 0 aromatic carbocycles. The topological polar surface area (TPSA) is 49.4 Å². The van der Waals surface area contributed by atoms with Gasteiger partial charge in [-0.25, -0.2) is 8.42 Å². The van der Waals surface area contributed by atoms with Gasteiger partial charge < -0.3 is 5.32 Å². The van der Waals surface area contributed by atoms with Crippen molar-refractivity contribution in [3.05, 3.63) is 0 Å². The molecule has 1 N–H and O–H groups in total. The molecule has 0 aromatic rings. The van der Waals surface area contributed by atoms with Gasteiger partial charge in [-0.2, -0.15) is 4.31 Å². The number of terminal acetylenes is 1. The molecule has 2 fully saturated rings. The Morgan fingerprint density at radius 2 is 2.06 bits per heavy atom. The van der Waals surface area contributed by atoms with Gasteiger partial charge in [0.25, 0.3) is 0 Å². The number of hydrogen-bond donors (Lipinski definition) is 1. The third-order valence-corrected chi connectivity index (χ3v) is 5.53. The number of piperidine rings is 1. The van der Waals surface area contributed by atoms with Crippen molar-refractivity contribution in [3.63, 3.8) is 0 Å². The molecule has 18 heavy (non-hydrogen) atoms. The summed E-state index contributed by atoms with van der Waals surface area (Å²) < 4.78 is 26.2. The van der Waals surface area contributed by atoms with E-state index < -0.39 is 10.0 Å². The van der Waals surface area contributed by atoms with E-state index in [1.54, 1.807) is 0 Å². The third kappa shape index (κ3) is 3.98. The molecule has 0 spiro atoms. The average molecular weight is 270 g/mol. The van der Waals surface area contributed by atoms with Gasteiger partial charge in [0.1, 0.15) is 0 Å². The molecular weight excluding hydrogens is 248 g/mol. The highest BCUT2D eigenvalue weighted by molar-refractivity contribution is 7.89. The van der Waals surface area contributed by atoms with E-state index in [2.05, 4.69) is 11.2 Å². The molecule has 102 valence electrons. The van der Waals surface area contributed by atoms with Crippen molar-refractivity contribution in [2.75, 3.05) is 25.4 Å². The molecule has 1 aliphatic heterocycles. The number of nitrogens with zero attached hydrogens (tertiary/aromatic N) is 1. The molecule has 0 aromatic heterocycles. The minimum absolute atomic E-state index is 0.100. The Kier molecular flexibility index (Phi) is 4.66. The summed E-state index contributed by atoms with van der Waals surface area (Å²) in [6.07, 6.45) is 10.8. The van der Waals surface area contributed by atoms with E-state index in [0.717, 1.165) is 38.6 Å². The molecule has 1 saturated carbocycles. The van der Waals surface area contributed by atoms with E-state index in [1.807, 2.05) is 0 Å². The first-order valence-corrected chi connectivity index (χ1v) is 8.37. The molecule has 2 rings (SSSR count). The molecular formula is C13H22N2O2S. The molecule has 0 amide bonds. The van der Waals surface area contributed by atoms with Crippen LogP contribution in [0, 0.1) is 18.3 Å². The Morgan fingerprint density at radius 3 is 2.61 bits per heavy atom. The summed E-state index contributed by atoms with van der Waals surface area (Å²) in [6, 6.07) is 0.100. The fraction of sp³-hybridized carbons (Fsp3) is 0.846. The van der Waals surface area contributed by atoms with Crippen LogP contribution in [0.5, 0.6) is 0 Å². The Balaban J connectivity index is 1.94. The van der Waals surface area contributed by atoms with Gasteiger partial charge >= 0.3 is 0 Å². The van der Waals surface area contributed by atoms with Crippen LogP contribution in [0.15, 0.2) is 0 Å². The van der Waals surface area contributed by atoms with Crippen LogP contribution in [-0.4, -0.2) is 44.2 Å². The van der Waals surface area contributed by atoms with Crippen molar-refractivity contribution in [1.29, 1.82) is 0 Å². The number of sulfonamides is 1. The second-order valence-corrected chi connectivity index (χ2v) is 7.38. The minimum Gasteiger partial charge on any atom is -0.313 e. The van der Waals surface area contributed by atoms with E-state index in [-0.39, 0.29) is 18.3 Å². The Hall–Kier alpha value is -0.570. The predicted molar refractivity (Wildman–Crippen MR) is 72.6 cm³/mol. The third-order valence-electron chi connectivity index (χ3n) is 3.64. The average Bonchev–Trinajstić information content (AvgIpc) is 3.13. The molecule has 1 heterocycles. The van der Waals surface area contributed by atoms with Crippen LogP contribution >= 0.6 is 0 Å². The molecule has 0 bridgehead atoms. The molecule has 0 radical (unpaired) electrons. The first-order chi connectivity index (χ1) is 8.62. The van der Waals surface area contributed by atoms with Crippen molar-refractivity contribution in [3.8, 4) is 12.3 Å². The van der Waals surface area contributed by atoms with Gasteiger partial charge in [0.05, 0.1) is 12.3 Å². The van der Waals surface area contributed by atoms with E-state index in [0.29, 0.717) is 12.5 Å². The van der Waals surface area contributed by atoms with Gasteiger partial charge in [0.15, 0.2) is 0 Å². The largest absolute Gasteiger partial charge is 0.313 e. The quantitative estimate of drug-likeness (QED) is 0.727. The first-order valence-electron chi connectivity index (χ1n) is 6.76. The summed E-state index contributed by atoms with van der Waals surface area (Å²) >= 11 is 0. The van der Waals surface area contributed by atoms with Crippen LogP contribution in [0.2, 0.25) is 0 Å². The number of rotatable bonds is 6. The van der Waals surface area contributed by atoms with Crippen LogP contribution < -0.4 is 5.32 Å². The van der Waals surface area contributed by atoms with Gasteiger partial charge in [0.2, 0.25) is 10.0 Å². The van der Waals surface area contributed by atoms with Gasteiger partial charge in [0, 0.05) is 12.6 Å². The van der Waals surface area contributed by atoms with Gasteiger partial charge in [-0.15, -0.1) is 6.42 Å². The van der Waals surface area contributed by atoms with Crippen LogP contribution in [0.1, 0.15) is 32.1 Å². The second-order valence-electron chi connectivity index (χ2n) is 5.37. The summed E-state index contributed by atoms with van der Waals surface area (Å²) in [6.45, 7) is 1.75. The SMILES string of the molecule is C#CCN(CC1CC1)S(=O)(=O)CC1CCCCN1. The lowest BCUT2D eigenvalue weighted by Gasteiger charge is -2.26. The Bertz CT molecular complexity index is 403. The van der Waals surface area contributed by atoms with Gasteiger partial charge in [-0.05, 0) is 38.1 Å². The Morgan fingerprint density at radius 1 is 1.28 bits per heavy atom. The van der Waals surface area contributed by atoms with Gasteiger partial charge in [-0.1, -0.05) is 12.3 Å². The molecule has 5 heteroatoms. The van der Waals surface area contributed by atoms with E-state index in [1.165, 1.54) is 4.31 Å². The van der Waals surface area contributed by atoms with Crippen LogP contribution in [0.4, 0.5) is 0 Å². The molecule has 1 saturated heterocycles. The molecule has 1 unspecified atom stereocenters. The second kappa shape index (κ2) is 6.05. The lowest BCUT2D eigenvalue weighted by atomic mass is 10.1. The van der Waals surface area contributed by atoms with Crippen molar-refractivity contribution in [1.82, 2.24) is 9.62 Å². The van der Waals surface area contributed by atoms with E-state index >= 15 is 0 Å². The summed E-state index contributed by atoms with van der Waals surface area (Å²) in [5.74, 6) is 3.20. The highest BCUT2D eigenvalue weighted by atomic mass is 32.2. The summed E-state index contributed by atoms with van der Waals surface area (Å²) in [7, 11) is -3.21. The number of nitrogens with one attached hydrogen (secondary N) is 1. The lowest BCUT2D eigenvalue weighted by molar-refractivity contribution is 0.397. The normalized spacial score (nSPS) is 25.0. The summed E-state index contributed by atoms with van der Waals surface area (Å²) in [5, 5.41) is 3.28. The van der Waals surface area contributed by atoms with Gasteiger partial charge in [-0.3, -0.25) is 0 Å². The summed E-state index contributed by atoms with van der Waals surface area (Å²) in [5.41, 5.74) is 0. The highest BCUT2D eigenvalue weighted by Crippen LogP contribution is 2.30. The van der Waals surface area contributed by atoms with Crippen LogP contribution in [0.25, 0.3) is 0 Å². The Labute approximate surface area is 110 Å². The monoisotopic (exact) mass is 270 g/mol. The zero-order valence-electron chi connectivity index (χ0n) is 10.8. The van der Waals surface area contributed by atoms with Crippen molar-refractivity contribution < 1.29 is 8.42 Å². The van der Waals surface area contributed by atoms with Crippen molar-refractivity contribution >= 4 is 10.0 Å². The van der Waals surface area contributed by atoms with Crippen molar-refractivity contribution in [2.45, 2.75) is 38.1 Å². The zero-order valence-corrected chi connectivity index (χ0v) is 11.6. The van der Waals surface area contributed by atoms with Crippen LogP contribution in [0.3, 0.4) is 0 Å². The maximum Gasteiger partial charge on any atom is 0.216 e. The molecule has 1 atom stereocenters. The molecule has 4 nitrogen and oxygen atoms in total. The smallest absolute Gasteiger partial charge is 0.216 e. The molecule has 1 aliphatic carbocycles. The fourth-order valence-corrected chi connectivity index (χ4v) is 4.11. The highest BCUT2D eigenvalue weighted by Gasteiger charge is 2.32. The van der Waals surface area contributed by atoms with E-state index in [9.17, 15) is 8.42 Å². The fourth-order valence-electron chi connectivity index (χ4n) is 2.39. The van der Waals surface area contributed by atoms with Crippen LogP contribution in [-0.2, 0) is 10.0 Å². The van der Waals surface area contributed by atoms with E-state index in [4.69, 9.17) is 6.42 Å². The predicted octanol–water partition coefficient (Wildman–Crippen LogP) is 0.803. The van der Waals surface area contributed by atoms with Crippen molar-refractivity contribution in [2.24, 2.45) is 5.92 Å². The maximum absolute atomic E-state index is 12.3. The summed E-state index contributed by atoms with van der Waals surface area (Å²) in [4.78, 5) is 0. The maximum atomic E-state index is 12.3. The molecule has 2 aliphatic rings. The standard InChI is InChI=1S/C13H22N2O2S/c1-2-9-15(10-12-6-7-12)18(16,17)11-13-5-3-4-8-14-13/h1,12-14H,3-11H2. The zero-order chi connectivity index (χ0) is 13.0. The number of hydrogen-bond acceptors (Lipinski definition) is 3. The lowest BCUT2D eigenvalue weighted by Crippen LogP contribution is -2.44. The minimum atomic E-state index is -3.21. The first kappa shape index (κ1) is 13.9.